The number of benzene rings is 1. The van der Waals surface area contributed by atoms with Crippen LogP contribution in [-0.4, -0.2) is 32.9 Å². The predicted octanol–water partition coefficient (Wildman–Crippen LogP) is 2.22. The molecule has 1 rings (SSSR count). The van der Waals surface area contributed by atoms with Gasteiger partial charge in [0.15, 0.2) is 0 Å². The van der Waals surface area contributed by atoms with E-state index in [-0.39, 0.29) is 0 Å². The SMILES string of the molecule is C=CCN(C)S(=O)(=O)c1cc(CNCC)c(C)cc1C. The second kappa shape index (κ2) is 7.02. The number of nitrogens with zero attached hydrogens (tertiary/aromatic N) is 1. The Balaban J connectivity index is 3.26. The molecule has 0 fully saturated rings. The van der Waals surface area contributed by atoms with E-state index in [2.05, 4.69) is 11.9 Å². The number of aryl methyl sites for hydroxylation is 2. The van der Waals surface area contributed by atoms with Gasteiger partial charge >= 0.3 is 0 Å². The zero-order valence-electron chi connectivity index (χ0n) is 12.7. The molecule has 0 unspecified atom stereocenters. The van der Waals surface area contributed by atoms with E-state index >= 15 is 0 Å². The van der Waals surface area contributed by atoms with Crippen molar-refractivity contribution in [1.29, 1.82) is 0 Å². The number of likely N-dealkylation sites (N-methyl/N-ethyl adjacent to an activating group) is 1. The number of hydrogen-bond acceptors (Lipinski definition) is 3. The number of nitrogens with one attached hydrogen (secondary N) is 1. The second-order valence-electron chi connectivity index (χ2n) is 4.90. The molecule has 0 atom stereocenters. The Morgan fingerprint density at radius 1 is 1.30 bits per heavy atom. The van der Waals surface area contributed by atoms with E-state index in [9.17, 15) is 8.42 Å². The topological polar surface area (TPSA) is 49.4 Å². The summed E-state index contributed by atoms with van der Waals surface area (Å²) in [7, 11) is -1.89. The molecule has 0 bridgehead atoms. The molecule has 0 saturated carbocycles. The third kappa shape index (κ3) is 3.69. The van der Waals surface area contributed by atoms with Gasteiger partial charge in [-0.3, -0.25) is 0 Å². The first-order chi connectivity index (χ1) is 9.34. The minimum absolute atomic E-state index is 0.304. The largest absolute Gasteiger partial charge is 0.313 e. The Morgan fingerprint density at radius 2 is 1.95 bits per heavy atom. The molecule has 5 heteroatoms. The Kier molecular flexibility index (Phi) is 5.92. The molecule has 0 aliphatic heterocycles. The molecule has 1 aromatic carbocycles. The van der Waals surface area contributed by atoms with Gasteiger partial charge in [-0.25, -0.2) is 8.42 Å². The maximum Gasteiger partial charge on any atom is 0.243 e. The van der Waals surface area contributed by atoms with Gasteiger partial charge in [-0.05, 0) is 43.1 Å². The molecule has 0 aromatic heterocycles. The highest BCUT2D eigenvalue weighted by Gasteiger charge is 2.22. The van der Waals surface area contributed by atoms with Gasteiger partial charge in [0.2, 0.25) is 10.0 Å². The normalized spacial score (nSPS) is 11.8. The molecule has 0 radical (unpaired) electrons. The van der Waals surface area contributed by atoms with E-state index in [0.717, 1.165) is 23.2 Å². The zero-order chi connectivity index (χ0) is 15.3. The van der Waals surface area contributed by atoms with Crippen molar-refractivity contribution < 1.29 is 8.42 Å². The quantitative estimate of drug-likeness (QED) is 0.785. The Hall–Kier alpha value is -1.17. The van der Waals surface area contributed by atoms with Crippen LogP contribution in [0.1, 0.15) is 23.6 Å². The van der Waals surface area contributed by atoms with Crippen LogP contribution in [0.25, 0.3) is 0 Å². The summed E-state index contributed by atoms with van der Waals surface area (Å²) in [6.07, 6.45) is 1.58. The predicted molar refractivity (Wildman–Crippen MR) is 83.3 cm³/mol. The van der Waals surface area contributed by atoms with Crippen LogP contribution in [0.5, 0.6) is 0 Å². The maximum absolute atomic E-state index is 12.5. The van der Waals surface area contributed by atoms with Crippen molar-refractivity contribution in [3.8, 4) is 0 Å². The van der Waals surface area contributed by atoms with Gasteiger partial charge in [-0.15, -0.1) is 6.58 Å². The fourth-order valence-electron chi connectivity index (χ4n) is 2.05. The number of rotatable bonds is 7. The van der Waals surface area contributed by atoms with Crippen molar-refractivity contribution in [3.05, 3.63) is 41.5 Å². The number of hydrogen-bond donors (Lipinski definition) is 1. The summed E-state index contributed by atoms with van der Waals surface area (Å²) in [6, 6.07) is 3.71. The first-order valence-corrected chi connectivity index (χ1v) is 8.16. The van der Waals surface area contributed by atoms with E-state index in [1.807, 2.05) is 26.8 Å². The molecular formula is C15H24N2O2S. The van der Waals surface area contributed by atoms with Crippen molar-refractivity contribution in [3.63, 3.8) is 0 Å². The van der Waals surface area contributed by atoms with Gasteiger partial charge < -0.3 is 5.32 Å². The van der Waals surface area contributed by atoms with E-state index in [0.29, 0.717) is 18.0 Å². The number of sulfonamides is 1. The molecule has 0 aliphatic carbocycles. The summed E-state index contributed by atoms with van der Waals surface area (Å²) in [5, 5.41) is 3.23. The van der Waals surface area contributed by atoms with Crippen molar-refractivity contribution in [1.82, 2.24) is 9.62 Å². The maximum atomic E-state index is 12.5. The van der Waals surface area contributed by atoms with Gasteiger partial charge in [0.05, 0.1) is 4.90 Å². The van der Waals surface area contributed by atoms with Crippen LogP contribution in [0.2, 0.25) is 0 Å². The van der Waals surface area contributed by atoms with Crippen LogP contribution in [0.15, 0.2) is 29.7 Å². The lowest BCUT2D eigenvalue weighted by molar-refractivity contribution is 0.498. The second-order valence-corrected chi connectivity index (χ2v) is 6.91. The molecule has 0 heterocycles. The lowest BCUT2D eigenvalue weighted by atomic mass is 10.1. The van der Waals surface area contributed by atoms with Crippen LogP contribution in [0.4, 0.5) is 0 Å². The molecule has 0 spiro atoms. The van der Waals surface area contributed by atoms with E-state index in [1.165, 1.54) is 4.31 Å². The van der Waals surface area contributed by atoms with Gasteiger partial charge in [0.25, 0.3) is 0 Å². The molecule has 20 heavy (non-hydrogen) atoms. The fourth-order valence-corrected chi connectivity index (χ4v) is 3.44. The highest BCUT2D eigenvalue weighted by Crippen LogP contribution is 2.23. The van der Waals surface area contributed by atoms with Gasteiger partial charge in [-0.1, -0.05) is 19.1 Å². The van der Waals surface area contributed by atoms with Crippen LogP contribution < -0.4 is 5.32 Å². The summed E-state index contributed by atoms with van der Waals surface area (Å²) < 4.78 is 26.4. The highest BCUT2D eigenvalue weighted by molar-refractivity contribution is 7.89. The summed E-state index contributed by atoms with van der Waals surface area (Å²) in [4.78, 5) is 0.375. The molecule has 0 aliphatic rings. The molecule has 4 nitrogen and oxygen atoms in total. The average Bonchev–Trinajstić information content (AvgIpc) is 2.37. The van der Waals surface area contributed by atoms with Crippen LogP contribution in [0.3, 0.4) is 0 Å². The molecule has 1 N–H and O–H groups in total. The first kappa shape index (κ1) is 16.9. The van der Waals surface area contributed by atoms with Crippen molar-refractivity contribution in [2.75, 3.05) is 20.1 Å². The molecule has 0 amide bonds. The fraction of sp³-hybridized carbons (Fsp3) is 0.467. The average molecular weight is 296 g/mol. The summed E-state index contributed by atoms with van der Waals surface area (Å²) in [5.41, 5.74) is 2.90. The third-order valence-electron chi connectivity index (χ3n) is 3.27. The third-order valence-corrected chi connectivity index (χ3v) is 5.24. The highest BCUT2D eigenvalue weighted by atomic mass is 32.2. The summed E-state index contributed by atoms with van der Waals surface area (Å²) in [5.74, 6) is 0. The van der Waals surface area contributed by atoms with Crippen molar-refractivity contribution in [2.24, 2.45) is 0 Å². The van der Waals surface area contributed by atoms with Crippen LogP contribution in [-0.2, 0) is 16.6 Å². The standard InChI is InChI=1S/C15H24N2O2S/c1-6-8-17(5)20(18,19)15-10-14(11-16-7-2)12(3)9-13(15)4/h6,9-10,16H,1,7-8,11H2,2-5H3. The molecule has 112 valence electrons. The first-order valence-electron chi connectivity index (χ1n) is 6.72. The summed E-state index contributed by atoms with van der Waals surface area (Å²) >= 11 is 0. The monoisotopic (exact) mass is 296 g/mol. The van der Waals surface area contributed by atoms with Crippen molar-refractivity contribution >= 4 is 10.0 Å². The van der Waals surface area contributed by atoms with Gasteiger partial charge in [-0.2, -0.15) is 4.31 Å². The smallest absolute Gasteiger partial charge is 0.243 e. The minimum Gasteiger partial charge on any atom is -0.313 e. The van der Waals surface area contributed by atoms with Crippen molar-refractivity contribution in [2.45, 2.75) is 32.2 Å². The van der Waals surface area contributed by atoms with E-state index < -0.39 is 10.0 Å². The molecule has 0 saturated heterocycles. The van der Waals surface area contributed by atoms with E-state index in [1.54, 1.807) is 19.2 Å². The Morgan fingerprint density at radius 3 is 2.50 bits per heavy atom. The minimum atomic E-state index is -3.46. The lowest BCUT2D eigenvalue weighted by Gasteiger charge is -2.19. The molecular weight excluding hydrogens is 272 g/mol. The zero-order valence-corrected chi connectivity index (χ0v) is 13.5. The van der Waals surface area contributed by atoms with E-state index in [4.69, 9.17) is 0 Å². The lowest BCUT2D eigenvalue weighted by Crippen LogP contribution is -2.28. The van der Waals surface area contributed by atoms with Gasteiger partial charge in [0.1, 0.15) is 0 Å². The van der Waals surface area contributed by atoms with Crippen LogP contribution >= 0.6 is 0 Å². The summed E-state index contributed by atoms with van der Waals surface area (Å²) in [6.45, 7) is 11.3. The Labute approximate surface area is 122 Å². The van der Waals surface area contributed by atoms with Crippen LogP contribution in [0, 0.1) is 13.8 Å². The Bertz CT molecular complexity index is 580. The van der Waals surface area contributed by atoms with Gasteiger partial charge in [0, 0.05) is 20.1 Å². The molecule has 1 aromatic rings.